The standard InChI is InChI=1S/C29H36F4N4O3/c30-18-13-21-22(15-37(27(21)40)23-7-8-25(38)35-26(23)39)24(14-18)36(12-9-17-1-2-17)20-5-3-19(4-6-20)34-16-28(10-11-28)29(31,32)33/h13-14,17,19-20,23,34H,1-12,15-16H2,(H,35,38,39). The van der Waals surface area contributed by atoms with Gasteiger partial charge in [0.05, 0.1) is 5.41 Å². The normalized spacial score (nSPS) is 27.9. The zero-order chi connectivity index (χ0) is 28.2. The lowest BCUT2D eigenvalue weighted by molar-refractivity contribution is -0.186. The number of nitrogens with zero attached hydrogens (tertiary/aromatic N) is 2. The molecule has 1 aromatic rings. The summed E-state index contributed by atoms with van der Waals surface area (Å²) in [6, 6.07) is 2.05. The van der Waals surface area contributed by atoms with E-state index in [4.69, 9.17) is 0 Å². The minimum Gasteiger partial charge on any atom is -0.368 e. The van der Waals surface area contributed by atoms with Gasteiger partial charge in [-0.1, -0.05) is 12.8 Å². The number of amides is 3. The van der Waals surface area contributed by atoms with Gasteiger partial charge in [0.25, 0.3) is 5.91 Å². The predicted molar refractivity (Wildman–Crippen MR) is 139 cm³/mol. The van der Waals surface area contributed by atoms with Gasteiger partial charge >= 0.3 is 6.18 Å². The lowest BCUT2D eigenvalue weighted by atomic mass is 9.88. The quantitative estimate of drug-likeness (QED) is 0.343. The molecular formula is C29H36F4N4O3. The molecule has 1 unspecified atom stereocenters. The molecule has 0 spiro atoms. The topological polar surface area (TPSA) is 81.8 Å². The van der Waals surface area contributed by atoms with E-state index in [1.807, 2.05) is 0 Å². The van der Waals surface area contributed by atoms with Crippen molar-refractivity contribution in [2.45, 2.75) is 101 Å². The van der Waals surface area contributed by atoms with Crippen LogP contribution in [-0.2, 0) is 16.1 Å². The molecule has 5 aliphatic rings. The molecule has 0 bridgehead atoms. The Morgan fingerprint density at radius 2 is 1.75 bits per heavy atom. The summed E-state index contributed by atoms with van der Waals surface area (Å²) in [7, 11) is 0. The predicted octanol–water partition coefficient (Wildman–Crippen LogP) is 4.44. The number of piperidine rings is 1. The third-order valence-electron chi connectivity index (χ3n) is 9.70. The smallest absolute Gasteiger partial charge is 0.368 e. The van der Waals surface area contributed by atoms with Crippen LogP contribution < -0.4 is 15.5 Å². The molecule has 218 valence electrons. The fourth-order valence-electron chi connectivity index (χ4n) is 6.73. The summed E-state index contributed by atoms with van der Waals surface area (Å²) in [4.78, 5) is 41.2. The third kappa shape index (κ3) is 5.33. The Morgan fingerprint density at radius 3 is 2.38 bits per heavy atom. The summed E-state index contributed by atoms with van der Waals surface area (Å²) < 4.78 is 55.1. The number of imide groups is 1. The molecular weight excluding hydrogens is 528 g/mol. The van der Waals surface area contributed by atoms with Gasteiger partial charge in [-0.2, -0.15) is 13.2 Å². The average Bonchev–Trinajstić information content (AvgIpc) is 3.83. The van der Waals surface area contributed by atoms with E-state index in [0.29, 0.717) is 23.7 Å². The summed E-state index contributed by atoms with van der Waals surface area (Å²) in [6.07, 6.45) is 2.88. The maximum Gasteiger partial charge on any atom is 0.395 e. The Balaban J connectivity index is 1.18. The zero-order valence-electron chi connectivity index (χ0n) is 22.5. The summed E-state index contributed by atoms with van der Waals surface area (Å²) in [5.41, 5.74) is 0.0639. The molecule has 2 N–H and O–H groups in total. The Hall–Kier alpha value is -2.69. The largest absolute Gasteiger partial charge is 0.395 e. The number of fused-ring (bicyclic) bond motifs is 1. The van der Waals surface area contributed by atoms with E-state index in [9.17, 15) is 31.9 Å². The SMILES string of the molecule is O=C1CCC(N2Cc3c(cc(F)cc3N(CCC3CC3)C3CCC(NCC4(C(F)(F)F)CC4)CC3)C2=O)C(=O)N1. The highest BCUT2D eigenvalue weighted by molar-refractivity contribution is 6.06. The van der Waals surface area contributed by atoms with Crippen LogP contribution in [0.25, 0.3) is 0 Å². The van der Waals surface area contributed by atoms with Gasteiger partial charge in [-0.25, -0.2) is 4.39 Å². The van der Waals surface area contributed by atoms with E-state index in [1.165, 1.54) is 29.9 Å². The summed E-state index contributed by atoms with van der Waals surface area (Å²) in [5.74, 6) is -1.14. The fourth-order valence-corrected chi connectivity index (χ4v) is 6.73. The molecule has 0 aromatic heterocycles. The molecule has 3 aliphatic carbocycles. The molecule has 2 aliphatic heterocycles. The molecule has 0 radical (unpaired) electrons. The second-order valence-corrected chi connectivity index (χ2v) is 12.4. The van der Waals surface area contributed by atoms with Gasteiger partial charge in [-0.05, 0) is 69.4 Å². The van der Waals surface area contributed by atoms with E-state index in [-0.39, 0.29) is 62.3 Å². The van der Waals surface area contributed by atoms with Gasteiger partial charge in [0, 0.05) is 55.0 Å². The highest BCUT2D eigenvalue weighted by atomic mass is 19.4. The number of halogens is 4. The molecule has 7 nitrogen and oxygen atoms in total. The van der Waals surface area contributed by atoms with Crippen molar-refractivity contribution in [1.29, 1.82) is 0 Å². The minimum atomic E-state index is -4.17. The third-order valence-corrected chi connectivity index (χ3v) is 9.70. The number of carbonyl (C=O) groups excluding carboxylic acids is 3. The van der Waals surface area contributed by atoms with E-state index >= 15 is 0 Å². The maximum atomic E-state index is 15.0. The van der Waals surface area contributed by atoms with E-state index in [2.05, 4.69) is 15.5 Å². The van der Waals surface area contributed by atoms with E-state index in [1.54, 1.807) is 0 Å². The fraction of sp³-hybridized carbons (Fsp3) is 0.690. The molecule has 1 atom stereocenters. The number of alkyl halides is 3. The molecule has 1 saturated heterocycles. The van der Waals surface area contributed by atoms with Crippen molar-refractivity contribution in [1.82, 2.24) is 15.5 Å². The zero-order valence-corrected chi connectivity index (χ0v) is 22.5. The first-order valence-electron chi connectivity index (χ1n) is 14.6. The lowest BCUT2D eigenvalue weighted by Crippen LogP contribution is -2.52. The first kappa shape index (κ1) is 27.5. The van der Waals surface area contributed by atoms with E-state index in [0.717, 1.165) is 32.1 Å². The molecule has 6 rings (SSSR count). The van der Waals surface area contributed by atoms with Crippen molar-refractivity contribution >= 4 is 23.4 Å². The van der Waals surface area contributed by atoms with Crippen molar-refractivity contribution in [2.24, 2.45) is 11.3 Å². The number of carbonyl (C=O) groups is 3. The van der Waals surface area contributed by atoms with Crippen molar-refractivity contribution in [2.75, 3.05) is 18.0 Å². The number of hydrogen-bond acceptors (Lipinski definition) is 5. The Morgan fingerprint density at radius 1 is 1.02 bits per heavy atom. The van der Waals surface area contributed by atoms with Gasteiger partial charge in [-0.15, -0.1) is 0 Å². The van der Waals surface area contributed by atoms with Crippen LogP contribution in [-0.4, -0.2) is 60.0 Å². The van der Waals surface area contributed by atoms with Gasteiger partial charge < -0.3 is 15.1 Å². The number of benzene rings is 1. The number of rotatable bonds is 9. The van der Waals surface area contributed by atoms with Crippen LogP contribution in [0.2, 0.25) is 0 Å². The van der Waals surface area contributed by atoms with Gasteiger partial charge in [0.2, 0.25) is 11.8 Å². The van der Waals surface area contributed by atoms with E-state index < -0.39 is 35.3 Å². The van der Waals surface area contributed by atoms with Crippen LogP contribution in [0.5, 0.6) is 0 Å². The number of anilines is 1. The van der Waals surface area contributed by atoms with Gasteiger partial charge in [0.15, 0.2) is 0 Å². The van der Waals surface area contributed by atoms with Crippen molar-refractivity contribution in [3.8, 4) is 0 Å². The van der Waals surface area contributed by atoms with Crippen molar-refractivity contribution in [3.05, 3.63) is 29.1 Å². The second kappa shape index (κ2) is 10.3. The summed E-state index contributed by atoms with van der Waals surface area (Å²) in [6.45, 7) is 0.854. The molecule has 4 fully saturated rings. The molecule has 40 heavy (non-hydrogen) atoms. The van der Waals surface area contributed by atoms with Crippen molar-refractivity contribution in [3.63, 3.8) is 0 Å². The monoisotopic (exact) mass is 564 g/mol. The summed E-state index contributed by atoms with van der Waals surface area (Å²) >= 11 is 0. The highest BCUT2D eigenvalue weighted by Crippen LogP contribution is 2.57. The average molecular weight is 565 g/mol. The highest BCUT2D eigenvalue weighted by Gasteiger charge is 2.62. The van der Waals surface area contributed by atoms with Crippen LogP contribution in [0.4, 0.5) is 23.2 Å². The molecule has 3 amide bonds. The first-order chi connectivity index (χ1) is 19.0. The Labute approximate surface area is 231 Å². The number of hydrogen-bond donors (Lipinski definition) is 2. The Kier molecular flexibility index (Phi) is 7.07. The number of nitrogens with one attached hydrogen (secondary N) is 2. The van der Waals surface area contributed by atoms with Crippen LogP contribution in [0.1, 0.15) is 86.6 Å². The molecule has 3 saturated carbocycles. The van der Waals surface area contributed by atoms with Gasteiger partial charge in [-0.3, -0.25) is 19.7 Å². The van der Waals surface area contributed by atoms with Crippen molar-refractivity contribution < 1.29 is 31.9 Å². The Bertz CT molecular complexity index is 1190. The molecule has 11 heteroatoms. The summed E-state index contributed by atoms with van der Waals surface area (Å²) in [5, 5.41) is 5.49. The minimum absolute atomic E-state index is 0.0178. The van der Waals surface area contributed by atoms with Crippen LogP contribution in [0.3, 0.4) is 0 Å². The van der Waals surface area contributed by atoms with Crippen LogP contribution in [0, 0.1) is 17.2 Å². The maximum absolute atomic E-state index is 15.0. The second-order valence-electron chi connectivity index (χ2n) is 12.4. The van der Waals surface area contributed by atoms with Crippen LogP contribution in [0.15, 0.2) is 12.1 Å². The van der Waals surface area contributed by atoms with Gasteiger partial charge in [0.1, 0.15) is 11.9 Å². The molecule has 2 heterocycles. The van der Waals surface area contributed by atoms with Crippen LogP contribution >= 0.6 is 0 Å². The molecule has 1 aromatic carbocycles. The lowest BCUT2D eigenvalue weighted by Gasteiger charge is -2.40. The first-order valence-corrected chi connectivity index (χ1v) is 14.6.